The van der Waals surface area contributed by atoms with Crippen molar-refractivity contribution in [3.63, 3.8) is 0 Å². The largest absolute Gasteiger partial charge is 0.336 e. The van der Waals surface area contributed by atoms with Crippen molar-refractivity contribution in [3.8, 4) is 0 Å². The van der Waals surface area contributed by atoms with Crippen molar-refractivity contribution in [1.82, 2.24) is 10.2 Å². The first kappa shape index (κ1) is 15.7. The Kier molecular flexibility index (Phi) is 4.14. The van der Waals surface area contributed by atoms with Crippen LogP contribution >= 0.6 is 0 Å². The van der Waals surface area contributed by atoms with Gasteiger partial charge in [-0.15, -0.1) is 0 Å². The number of carbonyl (C=O) groups is 2. The highest BCUT2D eigenvalue weighted by atomic mass is 16.2. The molecule has 25 heavy (non-hydrogen) atoms. The standard InChI is InChI=1S/C20H21N3O2/c24-19(23-13-4-7-18(23)15-5-2-1-3-6-15)16-8-10-17(11-9-16)22-14-12-21-20(22)25/h1-3,5-6,8-11,18H,4,7,12-14H2,(H,21,25). The number of urea groups is 1. The van der Waals surface area contributed by atoms with Crippen LogP contribution in [0.4, 0.5) is 10.5 Å². The van der Waals surface area contributed by atoms with E-state index in [9.17, 15) is 9.59 Å². The SMILES string of the molecule is O=C1NCCN1c1ccc(C(=O)N2CCCC2c2ccccc2)cc1. The molecule has 0 bridgehead atoms. The molecule has 2 fully saturated rings. The Balaban J connectivity index is 1.53. The van der Waals surface area contributed by atoms with Gasteiger partial charge in [0, 0.05) is 30.9 Å². The third-order valence-corrected chi connectivity index (χ3v) is 4.98. The lowest BCUT2D eigenvalue weighted by Gasteiger charge is -2.25. The lowest BCUT2D eigenvalue weighted by molar-refractivity contribution is 0.0735. The third-order valence-electron chi connectivity index (χ3n) is 4.98. The van der Waals surface area contributed by atoms with E-state index >= 15 is 0 Å². The van der Waals surface area contributed by atoms with Crippen LogP contribution < -0.4 is 10.2 Å². The highest BCUT2D eigenvalue weighted by molar-refractivity contribution is 5.97. The minimum atomic E-state index is -0.0808. The molecular formula is C20H21N3O2. The Morgan fingerprint density at radius 2 is 1.76 bits per heavy atom. The molecule has 5 heteroatoms. The molecular weight excluding hydrogens is 314 g/mol. The molecule has 2 aliphatic rings. The van der Waals surface area contributed by atoms with Gasteiger partial charge >= 0.3 is 6.03 Å². The predicted octanol–water partition coefficient (Wildman–Crippen LogP) is 3.19. The van der Waals surface area contributed by atoms with Crippen LogP contribution in [0.5, 0.6) is 0 Å². The van der Waals surface area contributed by atoms with Crippen LogP contribution in [0.2, 0.25) is 0 Å². The van der Waals surface area contributed by atoms with Crippen molar-refractivity contribution in [2.24, 2.45) is 0 Å². The number of nitrogens with one attached hydrogen (secondary N) is 1. The molecule has 2 aromatic rings. The molecule has 1 atom stereocenters. The van der Waals surface area contributed by atoms with Crippen molar-refractivity contribution in [3.05, 3.63) is 65.7 Å². The molecule has 5 nitrogen and oxygen atoms in total. The van der Waals surface area contributed by atoms with Gasteiger partial charge in [0.1, 0.15) is 0 Å². The van der Waals surface area contributed by atoms with Crippen LogP contribution in [0.25, 0.3) is 0 Å². The second kappa shape index (κ2) is 6.59. The van der Waals surface area contributed by atoms with Crippen molar-refractivity contribution in [2.45, 2.75) is 18.9 Å². The molecule has 3 amide bonds. The van der Waals surface area contributed by atoms with E-state index in [4.69, 9.17) is 0 Å². The summed E-state index contributed by atoms with van der Waals surface area (Å²) in [7, 11) is 0. The molecule has 2 saturated heterocycles. The Bertz CT molecular complexity index is 773. The first-order chi connectivity index (χ1) is 12.2. The maximum absolute atomic E-state index is 13.0. The van der Waals surface area contributed by atoms with Crippen molar-refractivity contribution in [2.75, 3.05) is 24.5 Å². The molecule has 2 heterocycles. The number of carbonyl (C=O) groups excluding carboxylic acids is 2. The van der Waals surface area contributed by atoms with Crippen LogP contribution in [0.15, 0.2) is 54.6 Å². The van der Waals surface area contributed by atoms with E-state index in [1.165, 1.54) is 5.56 Å². The highest BCUT2D eigenvalue weighted by Crippen LogP contribution is 2.33. The Morgan fingerprint density at radius 3 is 2.44 bits per heavy atom. The highest BCUT2D eigenvalue weighted by Gasteiger charge is 2.30. The van der Waals surface area contributed by atoms with Gasteiger partial charge in [0.15, 0.2) is 0 Å². The molecule has 0 spiro atoms. The number of benzene rings is 2. The number of likely N-dealkylation sites (tertiary alicyclic amines) is 1. The zero-order valence-electron chi connectivity index (χ0n) is 14.0. The summed E-state index contributed by atoms with van der Waals surface area (Å²) in [5.41, 5.74) is 2.69. The minimum Gasteiger partial charge on any atom is -0.336 e. The van der Waals surface area contributed by atoms with Gasteiger partial charge in [-0.3, -0.25) is 9.69 Å². The number of anilines is 1. The molecule has 2 aromatic carbocycles. The van der Waals surface area contributed by atoms with E-state index in [2.05, 4.69) is 17.4 Å². The molecule has 2 aliphatic heterocycles. The number of rotatable bonds is 3. The lowest BCUT2D eigenvalue weighted by Crippen LogP contribution is -2.31. The second-order valence-electron chi connectivity index (χ2n) is 6.50. The molecule has 128 valence electrons. The lowest BCUT2D eigenvalue weighted by atomic mass is 10.0. The normalized spacial score (nSPS) is 20.0. The van der Waals surface area contributed by atoms with E-state index in [-0.39, 0.29) is 18.0 Å². The van der Waals surface area contributed by atoms with E-state index in [1.54, 1.807) is 4.90 Å². The monoisotopic (exact) mass is 335 g/mol. The van der Waals surface area contributed by atoms with E-state index in [1.807, 2.05) is 47.4 Å². The van der Waals surface area contributed by atoms with Gasteiger partial charge < -0.3 is 10.2 Å². The smallest absolute Gasteiger partial charge is 0.321 e. The maximum atomic E-state index is 13.0. The number of hydrogen-bond donors (Lipinski definition) is 1. The molecule has 0 aromatic heterocycles. The van der Waals surface area contributed by atoms with Gasteiger partial charge in [0.05, 0.1) is 6.04 Å². The molecule has 4 rings (SSSR count). The quantitative estimate of drug-likeness (QED) is 0.936. The van der Waals surface area contributed by atoms with Crippen molar-refractivity contribution in [1.29, 1.82) is 0 Å². The van der Waals surface area contributed by atoms with Crippen LogP contribution in [0.1, 0.15) is 34.8 Å². The summed E-state index contributed by atoms with van der Waals surface area (Å²) < 4.78 is 0. The Morgan fingerprint density at radius 1 is 1.00 bits per heavy atom. The minimum absolute atomic E-state index is 0.0591. The summed E-state index contributed by atoms with van der Waals surface area (Å²) >= 11 is 0. The average molecular weight is 335 g/mol. The number of hydrogen-bond acceptors (Lipinski definition) is 2. The summed E-state index contributed by atoms with van der Waals surface area (Å²) in [6.45, 7) is 2.11. The van der Waals surface area contributed by atoms with Gasteiger partial charge in [0.25, 0.3) is 5.91 Å². The van der Waals surface area contributed by atoms with Crippen LogP contribution in [-0.4, -0.2) is 36.5 Å². The fourth-order valence-corrected chi connectivity index (χ4v) is 3.70. The number of amides is 3. The fraction of sp³-hybridized carbons (Fsp3) is 0.300. The van der Waals surface area contributed by atoms with E-state index < -0.39 is 0 Å². The third kappa shape index (κ3) is 2.97. The zero-order valence-corrected chi connectivity index (χ0v) is 14.0. The zero-order chi connectivity index (χ0) is 17.2. The van der Waals surface area contributed by atoms with Crippen LogP contribution in [-0.2, 0) is 0 Å². The molecule has 0 aliphatic carbocycles. The summed E-state index contributed by atoms with van der Waals surface area (Å²) in [4.78, 5) is 28.4. The number of nitrogens with zero attached hydrogens (tertiary/aromatic N) is 2. The van der Waals surface area contributed by atoms with Gasteiger partial charge in [-0.2, -0.15) is 0 Å². The van der Waals surface area contributed by atoms with E-state index in [0.717, 1.165) is 25.1 Å². The Hall–Kier alpha value is -2.82. The van der Waals surface area contributed by atoms with Gasteiger partial charge in [-0.05, 0) is 42.7 Å². The predicted molar refractivity (Wildman–Crippen MR) is 96.6 cm³/mol. The Labute approximate surface area is 147 Å². The van der Waals surface area contributed by atoms with E-state index in [0.29, 0.717) is 18.7 Å². The maximum Gasteiger partial charge on any atom is 0.321 e. The molecule has 1 N–H and O–H groups in total. The van der Waals surface area contributed by atoms with Gasteiger partial charge in [-0.25, -0.2) is 4.79 Å². The summed E-state index contributed by atoms with van der Waals surface area (Å²) in [6, 6.07) is 17.6. The summed E-state index contributed by atoms with van der Waals surface area (Å²) in [5.74, 6) is 0.0591. The van der Waals surface area contributed by atoms with Crippen LogP contribution in [0, 0.1) is 0 Å². The molecule has 1 unspecified atom stereocenters. The fourth-order valence-electron chi connectivity index (χ4n) is 3.70. The van der Waals surface area contributed by atoms with Crippen LogP contribution in [0.3, 0.4) is 0 Å². The van der Waals surface area contributed by atoms with Gasteiger partial charge in [0.2, 0.25) is 0 Å². The molecule has 0 saturated carbocycles. The van der Waals surface area contributed by atoms with Gasteiger partial charge in [-0.1, -0.05) is 30.3 Å². The summed E-state index contributed by atoms with van der Waals surface area (Å²) in [5, 5.41) is 2.79. The topological polar surface area (TPSA) is 52.7 Å². The summed E-state index contributed by atoms with van der Waals surface area (Å²) in [6.07, 6.45) is 2.03. The second-order valence-corrected chi connectivity index (χ2v) is 6.50. The van der Waals surface area contributed by atoms with Crippen molar-refractivity contribution < 1.29 is 9.59 Å². The average Bonchev–Trinajstić information content (AvgIpc) is 3.31. The first-order valence-electron chi connectivity index (χ1n) is 8.75. The molecule has 0 radical (unpaired) electrons. The first-order valence-corrected chi connectivity index (χ1v) is 8.75. The van der Waals surface area contributed by atoms with Crippen molar-refractivity contribution >= 4 is 17.6 Å².